The minimum absolute atomic E-state index is 0.0927. The van der Waals surface area contributed by atoms with Crippen LogP contribution in [0, 0.1) is 11.8 Å². The highest BCUT2D eigenvalue weighted by Gasteiger charge is 2.34. The Balaban J connectivity index is 2.59. The number of carbonyl (C=O) groups excluding carboxylic acids is 1. The minimum Gasteiger partial charge on any atom is -0.392 e. The Hall–Kier alpha value is -0.680. The Morgan fingerprint density at radius 1 is 1.16 bits per heavy atom. The Morgan fingerprint density at radius 2 is 1.63 bits per heavy atom. The minimum atomic E-state index is -0.270. The Kier molecular flexibility index (Phi) is 5.33. The molecule has 1 heterocycles. The number of thiocarbonyl (C=S) groups is 1. The number of hydrogen-bond acceptors (Lipinski definition) is 3. The molecule has 1 saturated heterocycles. The highest BCUT2D eigenvalue weighted by Crippen LogP contribution is 2.20. The van der Waals surface area contributed by atoms with E-state index in [1.807, 2.05) is 25.7 Å². The van der Waals surface area contributed by atoms with Crippen molar-refractivity contribution in [3.05, 3.63) is 0 Å². The van der Waals surface area contributed by atoms with Gasteiger partial charge >= 0.3 is 0 Å². The van der Waals surface area contributed by atoms with Crippen LogP contribution in [0.15, 0.2) is 0 Å². The highest BCUT2D eigenvalue weighted by molar-refractivity contribution is 7.80. The summed E-state index contributed by atoms with van der Waals surface area (Å²) in [6, 6.07) is 0. The first kappa shape index (κ1) is 16.4. The fraction of sp³-hybridized carbons (Fsp3) is 0.857. The van der Waals surface area contributed by atoms with Gasteiger partial charge in [-0.05, 0) is 19.8 Å². The van der Waals surface area contributed by atoms with Gasteiger partial charge in [0, 0.05) is 32.1 Å². The first-order valence-electron chi connectivity index (χ1n) is 7.01. The van der Waals surface area contributed by atoms with Gasteiger partial charge in [-0.3, -0.25) is 9.69 Å². The van der Waals surface area contributed by atoms with Crippen molar-refractivity contribution in [2.45, 2.75) is 40.2 Å². The van der Waals surface area contributed by atoms with Gasteiger partial charge in [0.25, 0.3) is 0 Å². The molecule has 0 bridgehead atoms. The van der Waals surface area contributed by atoms with Crippen molar-refractivity contribution in [3.8, 4) is 0 Å². The van der Waals surface area contributed by atoms with Crippen molar-refractivity contribution in [2.24, 2.45) is 17.6 Å². The molecule has 1 aliphatic heterocycles. The van der Waals surface area contributed by atoms with Gasteiger partial charge in [-0.15, -0.1) is 0 Å². The first-order chi connectivity index (χ1) is 8.67. The molecule has 0 aromatic carbocycles. The van der Waals surface area contributed by atoms with E-state index < -0.39 is 0 Å². The Morgan fingerprint density at radius 3 is 2.00 bits per heavy atom. The predicted molar refractivity (Wildman–Crippen MR) is 83.0 cm³/mol. The van der Waals surface area contributed by atoms with Gasteiger partial charge in [0.2, 0.25) is 5.91 Å². The average molecular weight is 285 g/mol. The molecule has 0 saturated carbocycles. The number of amides is 1. The van der Waals surface area contributed by atoms with Crippen LogP contribution in [-0.4, -0.2) is 52.4 Å². The lowest BCUT2D eigenvalue weighted by Crippen LogP contribution is -2.60. The van der Waals surface area contributed by atoms with Gasteiger partial charge in [0.15, 0.2) is 0 Å². The lowest BCUT2D eigenvalue weighted by Gasteiger charge is -2.44. The van der Waals surface area contributed by atoms with Crippen molar-refractivity contribution in [1.82, 2.24) is 9.80 Å². The quantitative estimate of drug-likeness (QED) is 0.795. The summed E-state index contributed by atoms with van der Waals surface area (Å²) in [7, 11) is 0. The number of rotatable bonds is 4. The Bertz CT molecular complexity index is 347. The van der Waals surface area contributed by atoms with Gasteiger partial charge in [-0.1, -0.05) is 33.0 Å². The summed E-state index contributed by atoms with van der Waals surface area (Å²) >= 11 is 5.12. The van der Waals surface area contributed by atoms with E-state index in [2.05, 4.69) is 18.7 Å². The zero-order valence-electron chi connectivity index (χ0n) is 12.8. The van der Waals surface area contributed by atoms with E-state index in [1.54, 1.807) is 0 Å². The molecule has 19 heavy (non-hydrogen) atoms. The van der Waals surface area contributed by atoms with Crippen LogP contribution >= 0.6 is 12.2 Å². The molecule has 5 heteroatoms. The Labute approximate surface area is 122 Å². The van der Waals surface area contributed by atoms with Gasteiger partial charge in [0.05, 0.1) is 10.5 Å². The molecular formula is C14H27N3OS. The van der Waals surface area contributed by atoms with Gasteiger partial charge < -0.3 is 10.6 Å². The molecule has 0 aliphatic carbocycles. The maximum absolute atomic E-state index is 12.3. The molecule has 1 aliphatic rings. The number of piperazine rings is 1. The molecule has 1 atom stereocenters. The van der Waals surface area contributed by atoms with E-state index >= 15 is 0 Å². The summed E-state index contributed by atoms with van der Waals surface area (Å²) in [5, 5.41) is 0. The zero-order valence-corrected chi connectivity index (χ0v) is 13.6. The second kappa shape index (κ2) is 6.18. The van der Waals surface area contributed by atoms with Crippen molar-refractivity contribution in [1.29, 1.82) is 0 Å². The molecule has 2 N–H and O–H groups in total. The van der Waals surface area contributed by atoms with Crippen LogP contribution in [0.5, 0.6) is 0 Å². The van der Waals surface area contributed by atoms with Gasteiger partial charge in [0.1, 0.15) is 0 Å². The molecule has 0 aromatic heterocycles. The van der Waals surface area contributed by atoms with E-state index in [1.165, 1.54) is 0 Å². The maximum Gasteiger partial charge on any atom is 0.225 e. The molecule has 4 nitrogen and oxygen atoms in total. The second-order valence-electron chi connectivity index (χ2n) is 6.27. The summed E-state index contributed by atoms with van der Waals surface area (Å²) in [6.45, 7) is 13.5. The third-order valence-electron chi connectivity index (χ3n) is 4.37. The van der Waals surface area contributed by atoms with Gasteiger partial charge in [-0.25, -0.2) is 0 Å². The molecule has 1 fully saturated rings. The largest absolute Gasteiger partial charge is 0.392 e. The lowest BCUT2D eigenvalue weighted by molar-refractivity contribution is -0.138. The van der Waals surface area contributed by atoms with Crippen LogP contribution in [-0.2, 0) is 4.79 Å². The SMILES string of the molecule is CC(C)C(C)C(=O)N1CCN(C(C)(C)C(N)=S)CC1. The van der Waals surface area contributed by atoms with Crippen LogP contribution in [0.2, 0.25) is 0 Å². The zero-order chi connectivity index (χ0) is 14.8. The summed E-state index contributed by atoms with van der Waals surface area (Å²) in [5.41, 5.74) is 5.52. The molecule has 1 rings (SSSR count). The lowest BCUT2D eigenvalue weighted by atomic mass is 9.96. The number of nitrogens with two attached hydrogens (primary N) is 1. The molecule has 0 radical (unpaired) electrons. The third kappa shape index (κ3) is 3.66. The van der Waals surface area contributed by atoms with Crippen LogP contribution in [0.3, 0.4) is 0 Å². The van der Waals surface area contributed by atoms with Crippen molar-refractivity contribution >= 4 is 23.1 Å². The summed E-state index contributed by atoms with van der Waals surface area (Å²) < 4.78 is 0. The molecule has 0 spiro atoms. The molecule has 1 amide bonds. The molecular weight excluding hydrogens is 258 g/mol. The smallest absolute Gasteiger partial charge is 0.225 e. The third-order valence-corrected chi connectivity index (χ3v) is 4.87. The van der Waals surface area contributed by atoms with E-state index in [0.717, 1.165) is 26.2 Å². The maximum atomic E-state index is 12.3. The standard InChI is InChI=1S/C14H27N3OS/c1-10(2)11(3)12(18)16-6-8-17(9-7-16)14(4,5)13(15)19/h10-11H,6-9H2,1-5H3,(H2,15,19). The summed E-state index contributed by atoms with van der Waals surface area (Å²) in [6.07, 6.45) is 0. The van der Waals surface area contributed by atoms with Crippen LogP contribution in [0.1, 0.15) is 34.6 Å². The van der Waals surface area contributed by atoms with E-state index in [0.29, 0.717) is 10.9 Å². The number of nitrogens with zero attached hydrogens (tertiary/aromatic N) is 2. The number of hydrogen-bond donors (Lipinski definition) is 1. The van der Waals surface area contributed by atoms with Crippen LogP contribution in [0.4, 0.5) is 0 Å². The monoisotopic (exact) mass is 285 g/mol. The molecule has 1 unspecified atom stereocenters. The second-order valence-corrected chi connectivity index (χ2v) is 6.71. The number of carbonyl (C=O) groups is 1. The van der Waals surface area contributed by atoms with Crippen molar-refractivity contribution < 1.29 is 4.79 Å². The van der Waals surface area contributed by atoms with Crippen molar-refractivity contribution in [3.63, 3.8) is 0 Å². The molecule has 110 valence electrons. The van der Waals surface area contributed by atoms with Crippen molar-refractivity contribution in [2.75, 3.05) is 26.2 Å². The van der Waals surface area contributed by atoms with E-state index in [-0.39, 0.29) is 17.4 Å². The topological polar surface area (TPSA) is 49.6 Å². The predicted octanol–water partition coefficient (Wildman–Crippen LogP) is 1.49. The van der Waals surface area contributed by atoms with Crippen LogP contribution in [0.25, 0.3) is 0 Å². The van der Waals surface area contributed by atoms with E-state index in [4.69, 9.17) is 18.0 Å². The van der Waals surface area contributed by atoms with E-state index in [9.17, 15) is 4.79 Å². The highest BCUT2D eigenvalue weighted by atomic mass is 32.1. The first-order valence-corrected chi connectivity index (χ1v) is 7.42. The van der Waals surface area contributed by atoms with Crippen LogP contribution < -0.4 is 5.73 Å². The summed E-state index contributed by atoms with van der Waals surface area (Å²) in [5.74, 6) is 0.747. The fourth-order valence-electron chi connectivity index (χ4n) is 2.21. The fourth-order valence-corrected chi connectivity index (χ4v) is 2.34. The average Bonchev–Trinajstić information content (AvgIpc) is 2.36. The molecule has 0 aromatic rings. The summed E-state index contributed by atoms with van der Waals surface area (Å²) in [4.78, 5) is 17.0. The normalized spacial score (nSPS) is 19.6. The van der Waals surface area contributed by atoms with Gasteiger partial charge in [-0.2, -0.15) is 0 Å².